The minimum Gasteiger partial charge on any atom is -0.208 e. The first-order chi connectivity index (χ1) is 25.0. The predicted molar refractivity (Wildman–Crippen MR) is 215 cm³/mol. The molecule has 0 N–H and O–H groups in total. The van der Waals surface area contributed by atoms with Gasteiger partial charge in [-0.05, 0) is 67.0 Å². The van der Waals surface area contributed by atoms with E-state index in [2.05, 4.69) is 153 Å². The van der Waals surface area contributed by atoms with Gasteiger partial charge in [-0.3, -0.25) is 0 Å². The molecular weight excluding hydrogens is 635 g/mol. The Morgan fingerprint density at radius 3 is 1.33 bits per heavy atom. The Labute approximate surface area is 300 Å². The first kappa shape index (κ1) is 30.8. The summed E-state index contributed by atoms with van der Waals surface area (Å²) in [5.41, 5.74) is 12.7. The molecule has 0 atom stereocenters. The fourth-order valence-corrected chi connectivity index (χ4v) is 10.5. The lowest BCUT2D eigenvalue weighted by molar-refractivity contribution is 1.07. The number of hydrogen-bond acceptors (Lipinski definition) is 3. The van der Waals surface area contributed by atoms with Gasteiger partial charge in [-0.2, -0.15) is 0 Å². The molecule has 0 fully saturated rings. The van der Waals surface area contributed by atoms with Gasteiger partial charge in [0.1, 0.15) is 8.07 Å². The third kappa shape index (κ3) is 5.70. The first-order valence-corrected chi connectivity index (χ1v) is 20.4. The second-order valence-corrected chi connectivity index (χ2v) is 18.0. The number of rotatable bonds is 6. The van der Waals surface area contributed by atoms with Crippen molar-refractivity contribution in [2.75, 3.05) is 0 Å². The van der Waals surface area contributed by atoms with E-state index in [1.807, 2.05) is 36.4 Å². The van der Waals surface area contributed by atoms with Gasteiger partial charge >= 0.3 is 0 Å². The lowest BCUT2D eigenvalue weighted by Gasteiger charge is -2.18. The van der Waals surface area contributed by atoms with Crippen molar-refractivity contribution in [1.29, 1.82) is 0 Å². The van der Waals surface area contributed by atoms with Gasteiger partial charge in [0.25, 0.3) is 0 Å². The van der Waals surface area contributed by atoms with E-state index in [9.17, 15) is 0 Å². The molecule has 0 spiro atoms. The molecule has 9 rings (SSSR count). The summed E-state index contributed by atoms with van der Waals surface area (Å²) in [5.74, 6) is 1.95. The van der Waals surface area contributed by atoms with Gasteiger partial charge in [0.05, 0.1) is 0 Å². The number of aromatic nitrogens is 3. The molecule has 1 aliphatic heterocycles. The summed E-state index contributed by atoms with van der Waals surface area (Å²) in [5, 5.41) is 3.07. The van der Waals surface area contributed by atoms with Crippen molar-refractivity contribution in [3.63, 3.8) is 0 Å². The fourth-order valence-electron chi connectivity index (χ4n) is 7.39. The lowest BCUT2D eigenvalue weighted by Crippen LogP contribution is -2.49. The van der Waals surface area contributed by atoms with Gasteiger partial charge in [0.15, 0.2) is 17.5 Å². The molecule has 0 saturated carbocycles. The summed E-state index contributed by atoms with van der Waals surface area (Å²) >= 11 is 0. The Morgan fingerprint density at radius 1 is 0.294 bits per heavy atom. The van der Waals surface area contributed by atoms with Crippen molar-refractivity contribution in [2.24, 2.45) is 0 Å². The number of benzene rings is 7. The zero-order chi connectivity index (χ0) is 34.4. The maximum Gasteiger partial charge on any atom is 0.164 e. The molecule has 0 radical (unpaired) electrons. The summed E-state index contributed by atoms with van der Waals surface area (Å²) in [6, 6.07) is 62.4. The summed E-state index contributed by atoms with van der Waals surface area (Å²) in [6.07, 6.45) is 0. The molecule has 2 heterocycles. The molecule has 242 valence electrons. The molecule has 0 saturated heterocycles. The topological polar surface area (TPSA) is 38.7 Å². The van der Waals surface area contributed by atoms with Crippen LogP contribution in [0.2, 0.25) is 13.1 Å². The molecule has 0 amide bonds. The van der Waals surface area contributed by atoms with Crippen LogP contribution in [0.25, 0.3) is 78.7 Å². The number of fused-ring (bicyclic) bond motifs is 3. The van der Waals surface area contributed by atoms with Crippen LogP contribution in [0, 0.1) is 0 Å². The van der Waals surface area contributed by atoms with E-state index in [1.54, 1.807) is 0 Å². The molecule has 4 heteroatoms. The molecule has 7 aromatic carbocycles. The van der Waals surface area contributed by atoms with Crippen LogP contribution in [0.3, 0.4) is 0 Å². The minimum atomic E-state index is -1.66. The third-order valence-corrected chi connectivity index (χ3v) is 13.7. The molecule has 51 heavy (non-hydrogen) atoms. The zero-order valence-corrected chi connectivity index (χ0v) is 29.6. The van der Waals surface area contributed by atoms with Crippen molar-refractivity contribution in [2.45, 2.75) is 13.1 Å². The SMILES string of the molecule is C[Si]1(C)c2ccccc2-c2cc(-c3ccc(-c4ccc(-c5nc(-c6ccccc6)nc(-c6cccc(-c7ccccc7)c6)n5)cc4)cc3)ccc21. The highest BCUT2D eigenvalue weighted by Crippen LogP contribution is 2.34. The fraction of sp³-hybridized carbons (Fsp3) is 0.0426. The van der Waals surface area contributed by atoms with Crippen LogP contribution in [-0.4, -0.2) is 23.0 Å². The molecule has 8 aromatic rings. The summed E-state index contributed by atoms with van der Waals surface area (Å²) < 4.78 is 0. The Morgan fingerprint density at radius 2 is 0.686 bits per heavy atom. The quantitative estimate of drug-likeness (QED) is 0.165. The molecule has 0 aliphatic carbocycles. The van der Waals surface area contributed by atoms with E-state index in [0.29, 0.717) is 17.5 Å². The van der Waals surface area contributed by atoms with Crippen LogP contribution >= 0.6 is 0 Å². The average molecular weight is 670 g/mol. The smallest absolute Gasteiger partial charge is 0.164 e. The van der Waals surface area contributed by atoms with Crippen LogP contribution in [0.5, 0.6) is 0 Å². The summed E-state index contributed by atoms with van der Waals surface area (Å²) in [6.45, 7) is 4.93. The predicted octanol–water partition coefficient (Wildman–Crippen LogP) is 10.7. The normalized spacial score (nSPS) is 12.7. The van der Waals surface area contributed by atoms with E-state index in [-0.39, 0.29) is 0 Å². The van der Waals surface area contributed by atoms with Crippen molar-refractivity contribution in [3.05, 3.63) is 176 Å². The van der Waals surface area contributed by atoms with Crippen molar-refractivity contribution < 1.29 is 0 Å². The Hall–Kier alpha value is -6.23. The summed E-state index contributed by atoms with van der Waals surface area (Å²) in [4.78, 5) is 14.9. The Balaban J connectivity index is 1.03. The molecule has 1 aromatic heterocycles. The molecule has 3 nitrogen and oxygen atoms in total. The van der Waals surface area contributed by atoms with Crippen LogP contribution in [-0.2, 0) is 0 Å². The monoisotopic (exact) mass is 669 g/mol. The van der Waals surface area contributed by atoms with E-state index >= 15 is 0 Å². The lowest BCUT2D eigenvalue weighted by atomic mass is 9.97. The molecule has 0 unspecified atom stereocenters. The van der Waals surface area contributed by atoms with Gasteiger partial charge in [0.2, 0.25) is 0 Å². The standard InChI is InChI=1S/C47H35N3Si/c1-51(2)43-19-10-9-18-41(43)42-31-39(28-29-44(42)51)35-22-20-33(21-23-35)34-24-26-37(27-25-34)46-48-45(36-14-7-4-8-15-36)49-47(50-46)40-17-11-16-38(30-40)32-12-5-3-6-13-32/h3-31H,1-2H3. The van der Waals surface area contributed by atoms with Crippen LogP contribution < -0.4 is 10.4 Å². The Bertz CT molecular complexity index is 2520. The van der Waals surface area contributed by atoms with E-state index in [1.165, 1.54) is 38.2 Å². The molecule has 0 bridgehead atoms. The van der Waals surface area contributed by atoms with E-state index in [0.717, 1.165) is 33.4 Å². The second-order valence-electron chi connectivity index (χ2n) is 13.7. The average Bonchev–Trinajstić information content (AvgIpc) is 3.44. The largest absolute Gasteiger partial charge is 0.208 e. The van der Waals surface area contributed by atoms with E-state index in [4.69, 9.17) is 15.0 Å². The van der Waals surface area contributed by atoms with Crippen LogP contribution in [0.15, 0.2) is 176 Å². The molecular formula is C47H35N3Si. The van der Waals surface area contributed by atoms with Gasteiger partial charge in [-0.1, -0.05) is 177 Å². The van der Waals surface area contributed by atoms with Crippen molar-refractivity contribution in [3.8, 4) is 78.7 Å². The van der Waals surface area contributed by atoms with Gasteiger partial charge in [-0.25, -0.2) is 15.0 Å². The highest BCUT2D eigenvalue weighted by Gasteiger charge is 2.37. The van der Waals surface area contributed by atoms with Crippen molar-refractivity contribution >= 4 is 18.4 Å². The number of hydrogen-bond donors (Lipinski definition) is 0. The zero-order valence-electron chi connectivity index (χ0n) is 28.6. The van der Waals surface area contributed by atoms with Crippen LogP contribution in [0.4, 0.5) is 0 Å². The Kier molecular flexibility index (Phi) is 7.60. The highest BCUT2D eigenvalue weighted by atomic mass is 28.3. The second kappa shape index (κ2) is 12.6. The number of nitrogens with zero attached hydrogens (tertiary/aromatic N) is 3. The van der Waals surface area contributed by atoms with Gasteiger partial charge in [-0.15, -0.1) is 0 Å². The summed E-state index contributed by atoms with van der Waals surface area (Å²) in [7, 11) is -1.66. The molecule has 1 aliphatic rings. The van der Waals surface area contributed by atoms with Crippen LogP contribution in [0.1, 0.15) is 0 Å². The van der Waals surface area contributed by atoms with Crippen molar-refractivity contribution in [1.82, 2.24) is 15.0 Å². The maximum atomic E-state index is 5.01. The van der Waals surface area contributed by atoms with E-state index < -0.39 is 8.07 Å². The highest BCUT2D eigenvalue weighted by molar-refractivity contribution is 7.03. The van der Waals surface area contributed by atoms with Gasteiger partial charge in [0, 0.05) is 16.7 Å². The maximum absolute atomic E-state index is 5.01. The minimum absolute atomic E-state index is 0.648. The van der Waals surface area contributed by atoms with Gasteiger partial charge < -0.3 is 0 Å². The first-order valence-electron chi connectivity index (χ1n) is 17.4. The third-order valence-electron chi connectivity index (χ3n) is 10.2.